The van der Waals surface area contributed by atoms with Gasteiger partial charge in [0.1, 0.15) is 11.6 Å². The van der Waals surface area contributed by atoms with Gasteiger partial charge >= 0.3 is 0 Å². The number of hydrogen-bond acceptors (Lipinski definition) is 5. The van der Waals surface area contributed by atoms with E-state index in [4.69, 9.17) is 10.5 Å². The second-order valence-electron chi connectivity index (χ2n) is 6.92. The Morgan fingerprint density at radius 3 is 2.59 bits per heavy atom. The number of halogens is 1. The molecule has 29 heavy (non-hydrogen) atoms. The second kappa shape index (κ2) is 7.87. The molecule has 0 saturated carbocycles. The number of benzene rings is 2. The third-order valence-electron chi connectivity index (χ3n) is 5.16. The van der Waals surface area contributed by atoms with Crippen molar-refractivity contribution in [3.05, 3.63) is 71.8 Å². The molecule has 0 bridgehead atoms. The van der Waals surface area contributed by atoms with Crippen molar-refractivity contribution >= 4 is 11.9 Å². The maximum Gasteiger partial charge on any atom is 0.254 e. The molecular formula is C22H21FN4O2. The van der Waals surface area contributed by atoms with Crippen LogP contribution < -0.4 is 10.5 Å². The van der Waals surface area contributed by atoms with Crippen LogP contribution in [0.25, 0.3) is 11.1 Å². The smallest absolute Gasteiger partial charge is 0.254 e. The Morgan fingerprint density at radius 1 is 1.17 bits per heavy atom. The fourth-order valence-electron chi connectivity index (χ4n) is 3.71. The minimum Gasteiger partial charge on any atom is -0.497 e. The van der Waals surface area contributed by atoms with E-state index in [-0.39, 0.29) is 23.7 Å². The van der Waals surface area contributed by atoms with Crippen molar-refractivity contribution in [2.75, 3.05) is 19.4 Å². The van der Waals surface area contributed by atoms with E-state index in [2.05, 4.69) is 9.97 Å². The highest BCUT2D eigenvalue weighted by atomic mass is 19.1. The molecule has 1 atom stereocenters. The highest BCUT2D eigenvalue weighted by molar-refractivity contribution is 5.94. The number of carbonyl (C=O) groups is 1. The lowest BCUT2D eigenvalue weighted by atomic mass is 9.99. The molecule has 2 aromatic carbocycles. The molecule has 7 heteroatoms. The quantitative estimate of drug-likeness (QED) is 0.729. The van der Waals surface area contributed by atoms with Gasteiger partial charge in [-0.05, 0) is 54.8 Å². The van der Waals surface area contributed by atoms with Crippen LogP contribution in [0.1, 0.15) is 34.9 Å². The molecule has 1 saturated heterocycles. The highest BCUT2D eigenvalue weighted by Gasteiger charge is 2.33. The number of ether oxygens (including phenoxy) is 1. The van der Waals surface area contributed by atoms with Crippen molar-refractivity contribution < 1.29 is 13.9 Å². The molecule has 1 aliphatic rings. The minimum absolute atomic E-state index is 0.148. The second-order valence-corrected chi connectivity index (χ2v) is 6.92. The summed E-state index contributed by atoms with van der Waals surface area (Å²) in [6.07, 6.45) is 3.31. The van der Waals surface area contributed by atoms with Crippen LogP contribution in [-0.2, 0) is 0 Å². The molecule has 1 amide bonds. The van der Waals surface area contributed by atoms with Crippen LogP contribution >= 0.6 is 0 Å². The van der Waals surface area contributed by atoms with Gasteiger partial charge in [-0.2, -0.15) is 0 Å². The fraction of sp³-hybridized carbons (Fsp3) is 0.227. The average Bonchev–Trinajstić information content (AvgIpc) is 3.23. The number of rotatable bonds is 4. The summed E-state index contributed by atoms with van der Waals surface area (Å²) in [6.45, 7) is 0.604. The van der Waals surface area contributed by atoms with Gasteiger partial charge in [0, 0.05) is 23.9 Å². The monoisotopic (exact) mass is 392 g/mol. The van der Waals surface area contributed by atoms with Crippen LogP contribution in [0, 0.1) is 5.82 Å². The van der Waals surface area contributed by atoms with Crippen LogP contribution in [0.3, 0.4) is 0 Å². The Bertz CT molecular complexity index is 1020. The fourth-order valence-corrected chi connectivity index (χ4v) is 3.71. The summed E-state index contributed by atoms with van der Waals surface area (Å²) in [6, 6.07) is 13.0. The summed E-state index contributed by atoms with van der Waals surface area (Å²) in [7, 11) is 1.62. The largest absolute Gasteiger partial charge is 0.497 e. The van der Waals surface area contributed by atoms with E-state index in [1.54, 1.807) is 18.2 Å². The molecule has 1 aromatic heterocycles. The number of nitrogen functional groups attached to an aromatic ring is 1. The van der Waals surface area contributed by atoms with Gasteiger partial charge in [-0.3, -0.25) is 4.79 Å². The van der Waals surface area contributed by atoms with Gasteiger partial charge in [0.05, 0.1) is 18.8 Å². The summed E-state index contributed by atoms with van der Waals surface area (Å²) in [5.41, 5.74) is 8.79. The van der Waals surface area contributed by atoms with Crippen molar-refractivity contribution in [3.8, 4) is 16.9 Å². The van der Waals surface area contributed by atoms with Gasteiger partial charge in [-0.1, -0.05) is 12.1 Å². The van der Waals surface area contributed by atoms with E-state index in [9.17, 15) is 9.18 Å². The zero-order chi connectivity index (χ0) is 20.4. The number of hydrogen-bond donors (Lipinski definition) is 1. The van der Waals surface area contributed by atoms with Gasteiger partial charge in [0.25, 0.3) is 5.91 Å². The van der Waals surface area contributed by atoms with Crippen LogP contribution in [0.15, 0.2) is 54.7 Å². The molecule has 148 valence electrons. The number of aromatic nitrogens is 2. The van der Waals surface area contributed by atoms with E-state index in [1.807, 2.05) is 24.3 Å². The Balaban J connectivity index is 1.71. The van der Waals surface area contributed by atoms with Gasteiger partial charge in [-0.15, -0.1) is 0 Å². The highest BCUT2D eigenvalue weighted by Crippen LogP contribution is 2.37. The van der Waals surface area contributed by atoms with Crippen LogP contribution in [0.2, 0.25) is 0 Å². The zero-order valence-electron chi connectivity index (χ0n) is 16.0. The molecule has 0 radical (unpaired) electrons. The van der Waals surface area contributed by atoms with Crippen LogP contribution in [-0.4, -0.2) is 34.4 Å². The molecule has 4 rings (SSSR count). The first-order chi connectivity index (χ1) is 14.1. The molecular weight excluding hydrogens is 371 g/mol. The first-order valence-electron chi connectivity index (χ1n) is 9.40. The number of methoxy groups -OCH3 is 1. The predicted molar refractivity (Wildman–Crippen MR) is 108 cm³/mol. The van der Waals surface area contributed by atoms with E-state index < -0.39 is 0 Å². The first kappa shape index (κ1) is 18.9. The van der Waals surface area contributed by atoms with Crippen LogP contribution in [0.4, 0.5) is 10.3 Å². The van der Waals surface area contributed by atoms with Gasteiger partial charge < -0.3 is 15.4 Å². The number of anilines is 1. The van der Waals surface area contributed by atoms with Crippen molar-refractivity contribution in [1.29, 1.82) is 0 Å². The molecule has 0 spiro atoms. The lowest BCUT2D eigenvalue weighted by Crippen LogP contribution is -2.31. The summed E-state index contributed by atoms with van der Waals surface area (Å²) in [4.78, 5) is 23.5. The molecule has 3 aromatic rings. The number of likely N-dealkylation sites (tertiary alicyclic amines) is 1. The van der Waals surface area contributed by atoms with Gasteiger partial charge in [0.15, 0.2) is 0 Å². The summed E-state index contributed by atoms with van der Waals surface area (Å²) in [5, 5.41) is 0. The standard InChI is InChI=1S/C22H21FN4O2/c1-29-17-10-6-14(7-11-17)18-13-25-22(24)26-20(18)19-3-2-12-27(19)21(28)15-4-8-16(23)9-5-15/h4-11,13,19H,2-3,12H2,1H3,(H2,24,25,26)/t19-/m0/s1. The number of nitrogens with two attached hydrogens (primary N) is 1. The maximum atomic E-state index is 13.2. The molecule has 1 aliphatic heterocycles. The molecule has 0 unspecified atom stereocenters. The maximum absolute atomic E-state index is 13.2. The SMILES string of the molecule is COc1ccc(-c2cnc(N)nc2[C@@H]2CCCN2C(=O)c2ccc(F)cc2)cc1. The van der Waals surface area contributed by atoms with E-state index in [0.717, 1.165) is 35.4 Å². The van der Waals surface area contributed by atoms with Crippen molar-refractivity contribution in [2.45, 2.75) is 18.9 Å². The van der Waals surface area contributed by atoms with Gasteiger partial charge in [0.2, 0.25) is 5.95 Å². The Kier molecular flexibility index (Phi) is 5.12. The number of nitrogens with zero attached hydrogens (tertiary/aromatic N) is 3. The topological polar surface area (TPSA) is 81.3 Å². The Hall–Kier alpha value is -3.48. The lowest BCUT2D eigenvalue weighted by Gasteiger charge is -2.26. The van der Waals surface area contributed by atoms with Gasteiger partial charge in [-0.25, -0.2) is 14.4 Å². The average molecular weight is 392 g/mol. The third-order valence-corrected chi connectivity index (χ3v) is 5.16. The molecule has 2 heterocycles. The van der Waals surface area contributed by atoms with E-state index in [0.29, 0.717) is 12.1 Å². The molecule has 2 N–H and O–H groups in total. The Morgan fingerprint density at radius 2 is 1.90 bits per heavy atom. The summed E-state index contributed by atoms with van der Waals surface area (Å²) in [5.74, 6) is 0.397. The molecule has 6 nitrogen and oxygen atoms in total. The van der Waals surface area contributed by atoms with E-state index in [1.165, 1.54) is 24.3 Å². The summed E-state index contributed by atoms with van der Waals surface area (Å²) < 4.78 is 18.5. The molecule has 0 aliphatic carbocycles. The summed E-state index contributed by atoms with van der Waals surface area (Å²) >= 11 is 0. The zero-order valence-corrected chi connectivity index (χ0v) is 16.0. The van der Waals surface area contributed by atoms with Crippen LogP contribution in [0.5, 0.6) is 5.75 Å². The number of amides is 1. The van der Waals surface area contributed by atoms with Crippen molar-refractivity contribution in [1.82, 2.24) is 14.9 Å². The Labute approximate surface area is 168 Å². The normalized spacial score (nSPS) is 16.1. The predicted octanol–water partition coefficient (Wildman–Crippen LogP) is 3.85. The van der Waals surface area contributed by atoms with Crippen molar-refractivity contribution in [2.24, 2.45) is 0 Å². The number of carbonyl (C=O) groups excluding carboxylic acids is 1. The third kappa shape index (κ3) is 3.76. The lowest BCUT2D eigenvalue weighted by molar-refractivity contribution is 0.0733. The van der Waals surface area contributed by atoms with E-state index >= 15 is 0 Å². The van der Waals surface area contributed by atoms with Crippen molar-refractivity contribution in [3.63, 3.8) is 0 Å². The minimum atomic E-state index is -0.370. The molecule has 1 fully saturated rings. The first-order valence-corrected chi connectivity index (χ1v) is 9.40.